The predicted octanol–water partition coefficient (Wildman–Crippen LogP) is 5.07. The number of carbonyl (C=O) groups is 1. The standard InChI is InChI=1S/C18H17N3OS/c1-12-6-8-15(9-7-12)20-18(22)21-16-5-3-4-14(10-16)17-11-23-13(2)19-17/h3-11H,1-2H3,(H2,20,21,22). The molecule has 0 radical (unpaired) electrons. The van der Waals surface area contributed by atoms with E-state index in [0.717, 1.165) is 33.2 Å². The Morgan fingerprint density at radius 2 is 1.74 bits per heavy atom. The summed E-state index contributed by atoms with van der Waals surface area (Å²) >= 11 is 1.61. The number of urea groups is 1. The molecule has 0 atom stereocenters. The fraction of sp³-hybridized carbons (Fsp3) is 0.111. The number of nitrogens with zero attached hydrogens (tertiary/aromatic N) is 1. The molecule has 0 aliphatic carbocycles. The van der Waals surface area contributed by atoms with Gasteiger partial charge in [0.05, 0.1) is 10.7 Å². The molecule has 2 aromatic carbocycles. The number of anilines is 2. The molecule has 23 heavy (non-hydrogen) atoms. The number of rotatable bonds is 3. The van der Waals surface area contributed by atoms with Crippen LogP contribution in [0.5, 0.6) is 0 Å². The minimum Gasteiger partial charge on any atom is -0.308 e. The van der Waals surface area contributed by atoms with Crippen molar-refractivity contribution >= 4 is 28.7 Å². The molecule has 5 heteroatoms. The van der Waals surface area contributed by atoms with Gasteiger partial charge < -0.3 is 10.6 Å². The number of amides is 2. The van der Waals surface area contributed by atoms with Crippen LogP contribution in [0.15, 0.2) is 53.9 Å². The zero-order valence-corrected chi connectivity index (χ0v) is 13.8. The first-order valence-electron chi connectivity index (χ1n) is 7.27. The molecule has 3 aromatic rings. The molecule has 0 fully saturated rings. The molecule has 2 N–H and O–H groups in total. The van der Waals surface area contributed by atoms with Gasteiger partial charge in [-0.25, -0.2) is 9.78 Å². The van der Waals surface area contributed by atoms with Gasteiger partial charge in [-0.1, -0.05) is 29.8 Å². The van der Waals surface area contributed by atoms with Gasteiger partial charge in [-0.05, 0) is 38.1 Å². The van der Waals surface area contributed by atoms with E-state index in [9.17, 15) is 4.79 Å². The topological polar surface area (TPSA) is 54.0 Å². The van der Waals surface area contributed by atoms with Gasteiger partial charge >= 0.3 is 6.03 Å². The molecule has 0 saturated heterocycles. The maximum Gasteiger partial charge on any atom is 0.323 e. The largest absolute Gasteiger partial charge is 0.323 e. The highest BCUT2D eigenvalue weighted by molar-refractivity contribution is 7.09. The molecule has 0 aliphatic rings. The van der Waals surface area contributed by atoms with Crippen molar-refractivity contribution in [3.05, 3.63) is 64.5 Å². The molecule has 0 bridgehead atoms. The first kappa shape index (κ1) is 15.2. The van der Waals surface area contributed by atoms with E-state index in [-0.39, 0.29) is 6.03 Å². The molecule has 116 valence electrons. The second-order valence-electron chi connectivity index (χ2n) is 5.28. The molecular weight excluding hydrogens is 306 g/mol. The summed E-state index contributed by atoms with van der Waals surface area (Å²) in [6, 6.07) is 15.1. The van der Waals surface area contributed by atoms with Crippen molar-refractivity contribution in [1.29, 1.82) is 0 Å². The predicted molar refractivity (Wildman–Crippen MR) is 96.1 cm³/mol. The summed E-state index contributed by atoms with van der Waals surface area (Å²) in [6.07, 6.45) is 0. The first-order chi connectivity index (χ1) is 11.1. The number of aryl methyl sites for hydroxylation is 2. The van der Waals surface area contributed by atoms with E-state index in [4.69, 9.17) is 0 Å². The van der Waals surface area contributed by atoms with E-state index in [1.54, 1.807) is 11.3 Å². The minimum absolute atomic E-state index is 0.263. The lowest BCUT2D eigenvalue weighted by Gasteiger charge is -2.09. The van der Waals surface area contributed by atoms with Crippen LogP contribution in [0.1, 0.15) is 10.6 Å². The Hall–Kier alpha value is -2.66. The summed E-state index contributed by atoms with van der Waals surface area (Å²) < 4.78 is 0. The lowest BCUT2D eigenvalue weighted by Crippen LogP contribution is -2.19. The van der Waals surface area contributed by atoms with Gasteiger partial charge in [-0.3, -0.25) is 0 Å². The Morgan fingerprint density at radius 1 is 1.00 bits per heavy atom. The third-order valence-electron chi connectivity index (χ3n) is 3.34. The van der Waals surface area contributed by atoms with E-state index in [1.165, 1.54) is 0 Å². The fourth-order valence-corrected chi connectivity index (χ4v) is 2.80. The summed E-state index contributed by atoms with van der Waals surface area (Å²) in [4.78, 5) is 16.6. The van der Waals surface area contributed by atoms with Crippen molar-refractivity contribution in [3.63, 3.8) is 0 Å². The van der Waals surface area contributed by atoms with E-state index < -0.39 is 0 Å². The molecule has 1 aromatic heterocycles. The van der Waals surface area contributed by atoms with Gasteiger partial charge in [-0.15, -0.1) is 11.3 Å². The van der Waals surface area contributed by atoms with Crippen molar-refractivity contribution in [2.45, 2.75) is 13.8 Å². The second-order valence-corrected chi connectivity index (χ2v) is 6.34. The maximum atomic E-state index is 12.1. The Labute approximate surface area is 139 Å². The number of hydrogen-bond donors (Lipinski definition) is 2. The molecular formula is C18H17N3OS. The Bertz CT molecular complexity index is 824. The molecule has 1 heterocycles. The van der Waals surface area contributed by atoms with Crippen molar-refractivity contribution < 1.29 is 4.79 Å². The average molecular weight is 323 g/mol. The van der Waals surface area contributed by atoms with Crippen LogP contribution in [0.3, 0.4) is 0 Å². The summed E-state index contributed by atoms with van der Waals surface area (Å²) in [6.45, 7) is 3.99. The van der Waals surface area contributed by atoms with Gasteiger partial charge in [0, 0.05) is 22.3 Å². The summed E-state index contributed by atoms with van der Waals surface area (Å²) in [5, 5.41) is 8.70. The molecule has 4 nitrogen and oxygen atoms in total. The van der Waals surface area contributed by atoms with Gasteiger partial charge in [-0.2, -0.15) is 0 Å². The van der Waals surface area contributed by atoms with Crippen LogP contribution < -0.4 is 10.6 Å². The van der Waals surface area contributed by atoms with E-state index in [1.807, 2.05) is 67.8 Å². The Balaban J connectivity index is 1.70. The van der Waals surface area contributed by atoms with Crippen LogP contribution in [-0.4, -0.2) is 11.0 Å². The van der Waals surface area contributed by atoms with Crippen molar-refractivity contribution in [3.8, 4) is 11.3 Å². The summed E-state index contributed by atoms with van der Waals surface area (Å²) in [7, 11) is 0. The second kappa shape index (κ2) is 6.62. The van der Waals surface area contributed by atoms with Gasteiger partial charge in [0.2, 0.25) is 0 Å². The summed E-state index contributed by atoms with van der Waals surface area (Å²) in [5.74, 6) is 0. The monoisotopic (exact) mass is 323 g/mol. The smallest absolute Gasteiger partial charge is 0.308 e. The number of thiazole rings is 1. The Morgan fingerprint density at radius 3 is 2.43 bits per heavy atom. The normalized spacial score (nSPS) is 10.3. The van der Waals surface area contributed by atoms with Gasteiger partial charge in [0.25, 0.3) is 0 Å². The fourth-order valence-electron chi connectivity index (χ4n) is 2.18. The lowest BCUT2D eigenvalue weighted by atomic mass is 10.1. The van der Waals surface area contributed by atoms with Crippen LogP contribution in [0.4, 0.5) is 16.2 Å². The third kappa shape index (κ3) is 3.96. The molecule has 3 rings (SSSR count). The third-order valence-corrected chi connectivity index (χ3v) is 4.12. The SMILES string of the molecule is Cc1ccc(NC(=O)Nc2cccc(-c3csc(C)n3)c2)cc1. The van der Waals surface area contributed by atoms with Crippen molar-refractivity contribution in [1.82, 2.24) is 4.98 Å². The molecule has 0 saturated carbocycles. The van der Waals surface area contributed by atoms with Crippen LogP contribution >= 0.6 is 11.3 Å². The molecule has 0 unspecified atom stereocenters. The highest BCUT2D eigenvalue weighted by Gasteiger charge is 2.06. The number of hydrogen-bond acceptors (Lipinski definition) is 3. The van der Waals surface area contributed by atoms with E-state index >= 15 is 0 Å². The number of aromatic nitrogens is 1. The van der Waals surface area contributed by atoms with Gasteiger partial charge in [0.15, 0.2) is 0 Å². The zero-order valence-electron chi connectivity index (χ0n) is 13.0. The highest BCUT2D eigenvalue weighted by atomic mass is 32.1. The zero-order chi connectivity index (χ0) is 16.2. The van der Waals surface area contributed by atoms with Crippen molar-refractivity contribution in [2.24, 2.45) is 0 Å². The first-order valence-corrected chi connectivity index (χ1v) is 8.15. The van der Waals surface area contributed by atoms with E-state index in [0.29, 0.717) is 0 Å². The number of benzene rings is 2. The minimum atomic E-state index is -0.263. The lowest BCUT2D eigenvalue weighted by molar-refractivity contribution is 0.262. The number of carbonyl (C=O) groups excluding carboxylic acids is 1. The summed E-state index contributed by atoms with van der Waals surface area (Å²) in [5.41, 5.74) is 4.57. The van der Waals surface area contributed by atoms with Crippen molar-refractivity contribution in [2.75, 3.05) is 10.6 Å². The van der Waals surface area contributed by atoms with E-state index in [2.05, 4.69) is 15.6 Å². The Kier molecular flexibility index (Phi) is 4.39. The van der Waals surface area contributed by atoms with Crippen LogP contribution in [-0.2, 0) is 0 Å². The quantitative estimate of drug-likeness (QED) is 0.707. The highest BCUT2D eigenvalue weighted by Crippen LogP contribution is 2.24. The maximum absolute atomic E-state index is 12.1. The molecule has 2 amide bonds. The number of nitrogens with one attached hydrogen (secondary N) is 2. The van der Waals surface area contributed by atoms with Crippen LogP contribution in [0.25, 0.3) is 11.3 Å². The van der Waals surface area contributed by atoms with Crippen LogP contribution in [0, 0.1) is 13.8 Å². The van der Waals surface area contributed by atoms with Crippen LogP contribution in [0.2, 0.25) is 0 Å². The average Bonchev–Trinajstić information content (AvgIpc) is 2.96. The van der Waals surface area contributed by atoms with Gasteiger partial charge in [0.1, 0.15) is 0 Å². The molecule has 0 aliphatic heterocycles. The molecule has 0 spiro atoms.